The van der Waals surface area contributed by atoms with Gasteiger partial charge in [-0.05, 0) is 75.8 Å². The molecule has 0 spiro atoms. The third-order valence-corrected chi connectivity index (χ3v) is 5.82. The molecule has 2 amide bonds. The lowest BCUT2D eigenvalue weighted by molar-refractivity contribution is -0.137. The number of benzene rings is 2. The second-order valence-corrected chi connectivity index (χ2v) is 9.66. The molecule has 3 rings (SSSR count). The third kappa shape index (κ3) is 7.23. The monoisotopic (exact) mass is 476 g/mol. The molecule has 0 saturated carbocycles. The van der Waals surface area contributed by atoms with Crippen molar-refractivity contribution < 1.29 is 27.5 Å². The lowest BCUT2D eigenvalue weighted by atomic mass is 9.87. The van der Waals surface area contributed by atoms with E-state index in [2.05, 4.69) is 5.32 Å². The molecule has 5 nitrogen and oxygen atoms in total. The number of hydrogen-bond donors (Lipinski definition) is 1. The smallest absolute Gasteiger partial charge is 0.416 e. The quantitative estimate of drug-likeness (QED) is 0.558. The van der Waals surface area contributed by atoms with Crippen molar-refractivity contribution in [1.82, 2.24) is 10.2 Å². The minimum atomic E-state index is -4.45. The summed E-state index contributed by atoms with van der Waals surface area (Å²) >= 11 is 0. The number of amides is 2. The van der Waals surface area contributed by atoms with Gasteiger partial charge in [0.25, 0.3) is 5.91 Å². The minimum Gasteiger partial charge on any atom is -0.444 e. The first-order valence-electron chi connectivity index (χ1n) is 11.4. The number of piperidine rings is 1. The first-order chi connectivity index (χ1) is 15.9. The molecule has 1 saturated heterocycles. The van der Waals surface area contributed by atoms with Crippen LogP contribution >= 0.6 is 0 Å². The van der Waals surface area contributed by atoms with Crippen molar-refractivity contribution in [3.8, 4) is 0 Å². The zero-order valence-electron chi connectivity index (χ0n) is 19.7. The Morgan fingerprint density at radius 3 is 2.12 bits per heavy atom. The zero-order valence-corrected chi connectivity index (χ0v) is 19.7. The Labute approximate surface area is 198 Å². The van der Waals surface area contributed by atoms with Gasteiger partial charge in [0, 0.05) is 18.7 Å². The van der Waals surface area contributed by atoms with Crippen LogP contribution in [0.4, 0.5) is 18.0 Å². The van der Waals surface area contributed by atoms with Crippen LogP contribution in [0.2, 0.25) is 0 Å². The van der Waals surface area contributed by atoms with E-state index in [4.69, 9.17) is 4.74 Å². The zero-order chi connectivity index (χ0) is 24.9. The SMILES string of the molecule is CC(C)(C)OC(=O)N1CCC(CC(NC(=O)c2ccc(C(F)(F)F)cc2)c2ccccc2)CC1. The van der Waals surface area contributed by atoms with Crippen LogP contribution in [0.5, 0.6) is 0 Å². The van der Waals surface area contributed by atoms with Crippen molar-refractivity contribution in [3.05, 3.63) is 71.3 Å². The molecule has 1 atom stereocenters. The van der Waals surface area contributed by atoms with Gasteiger partial charge in [0.05, 0.1) is 11.6 Å². The van der Waals surface area contributed by atoms with Gasteiger partial charge in [0.2, 0.25) is 0 Å². The number of likely N-dealkylation sites (tertiary alicyclic amines) is 1. The average molecular weight is 477 g/mol. The van der Waals surface area contributed by atoms with Gasteiger partial charge in [-0.1, -0.05) is 30.3 Å². The van der Waals surface area contributed by atoms with Crippen molar-refractivity contribution in [2.24, 2.45) is 5.92 Å². The lowest BCUT2D eigenvalue weighted by Gasteiger charge is -2.35. The number of ether oxygens (including phenoxy) is 1. The maximum absolute atomic E-state index is 12.8. The Bertz CT molecular complexity index is 962. The number of nitrogens with one attached hydrogen (secondary N) is 1. The van der Waals surface area contributed by atoms with Crippen LogP contribution in [0, 0.1) is 5.92 Å². The maximum Gasteiger partial charge on any atom is 0.416 e. The Morgan fingerprint density at radius 2 is 1.59 bits per heavy atom. The van der Waals surface area contributed by atoms with E-state index in [1.165, 1.54) is 12.1 Å². The summed E-state index contributed by atoms with van der Waals surface area (Å²) in [5.41, 5.74) is -0.235. The fourth-order valence-electron chi connectivity index (χ4n) is 4.03. The molecule has 0 radical (unpaired) electrons. The Kier molecular flexibility index (Phi) is 7.89. The topological polar surface area (TPSA) is 58.6 Å². The van der Waals surface area contributed by atoms with Gasteiger partial charge in [-0.15, -0.1) is 0 Å². The van der Waals surface area contributed by atoms with E-state index in [0.717, 1.165) is 30.5 Å². The second-order valence-electron chi connectivity index (χ2n) is 9.66. The minimum absolute atomic E-state index is 0.175. The van der Waals surface area contributed by atoms with E-state index in [-0.39, 0.29) is 23.6 Å². The summed E-state index contributed by atoms with van der Waals surface area (Å²) in [6.07, 6.45) is -2.55. The highest BCUT2D eigenvalue weighted by Gasteiger charge is 2.31. The Balaban J connectivity index is 1.65. The predicted molar refractivity (Wildman–Crippen MR) is 123 cm³/mol. The van der Waals surface area contributed by atoms with E-state index >= 15 is 0 Å². The normalized spacial score (nSPS) is 16.1. The molecule has 8 heteroatoms. The van der Waals surface area contributed by atoms with Gasteiger partial charge >= 0.3 is 12.3 Å². The van der Waals surface area contributed by atoms with Crippen LogP contribution in [0.25, 0.3) is 0 Å². The maximum atomic E-state index is 12.8. The highest BCUT2D eigenvalue weighted by atomic mass is 19.4. The van der Waals surface area contributed by atoms with Crippen molar-refractivity contribution in [3.63, 3.8) is 0 Å². The van der Waals surface area contributed by atoms with E-state index in [1.807, 2.05) is 51.1 Å². The summed E-state index contributed by atoms with van der Waals surface area (Å²) < 4.78 is 44.0. The predicted octanol–water partition coefficient (Wildman–Crippen LogP) is 6.21. The first kappa shape index (κ1) is 25.6. The van der Waals surface area contributed by atoms with Crippen LogP contribution in [0.15, 0.2) is 54.6 Å². The molecule has 1 aliphatic rings. The summed E-state index contributed by atoms with van der Waals surface area (Å²) in [7, 11) is 0. The van der Waals surface area contributed by atoms with Gasteiger partial charge < -0.3 is 15.0 Å². The van der Waals surface area contributed by atoms with Crippen molar-refractivity contribution in [2.75, 3.05) is 13.1 Å². The van der Waals surface area contributed by atoms with Gasteiger partial charge in [-0.3, -0.25) is 4.79 Å². The molecule has 0 aromatic heterocycles. The summed E-state index contributed by atoms with van der Waals surface area (Å²) in [5, 5.41) is 2.99. The van der Waals surface area contributed by atoms with Gasteiger partial charge in [0.15, 0.2) is 0 Å². The van der Waals surface area contributed by atoms with E-state index in [0.29, 0.717) is 19.5 Å². The molecule has 184 valence electrons. The number of rotatable bonds is 5. The molecule has 0 bridgehead atoms. The molecule has 0 aliphatic carbocycles. The fraction of sp³-hybridized carbons (Fsp3) is 0.462. The van der Waals surface area contributed by atoms with E-state index in [1.54, 1.807) is 4.90 Å². The van der Waals surface area contributed by atoms with Crippen LogP contribution in [-0.2, 0) is 10.9 Å². The molecule has 2 aromatic rings. The van der Waals surface area contributed by atoms with Gasteiger partial charge in [-0.25, -0.2) is 4.79 Å². The van der Waals surface area contributed by atoms with Gasteiger partial charge in [0.1, 0.15) is 5.60 Å². The van der Waals surface area contributed by atoms with E-state index < -0.39 is 23.2 Å². The molecular formula is C26H31F3N2O3. The standard InChI is InChI=1S/C26H31F3N2O3/c1-25(2,3)34-24(33)31-15-13-18(14-16-31)17-22(19-7-5-4-6-8-19)30-23(32)20-9-11-21(12-10-20)26(27,28)29/h4-12,18,22H,13-17H2,1-3H3,(H,30,32). The number of halogens is 3. The molecule has 1 heterocycles. The highest BCUT2D eigenvalue weighted by molar-refractivity contribution is 5.94. The van der Waals surface area contributed by atoms with E-state index in [9.17, 15) is 22.8 Å². The third-order valence-electron chi connectivity index (χ3n) is 5.82. The number of carbonyl (C=O) groups excluding carboxylic acids is 2. The largest absolute Gasteiger partial charge is 0.444 e. The molecule has 1 unspecified atom stereocenters. The first-order valence-corrected chi connectivity index (χ1v) is 11.4. The number of carbonyl (C=O) groups is 2. The van der Waals surface area contributed by atoms with Crippen molar-refractivity contribution in [2.45, 2.75) is 57.9 Å². The number of hydrogen-bond acceptors (Lipinski definition) is 3. The van der Waals surface area contributed by atoms with Crippen LogP contribution in [0.1, 0.15) is 67.6 Å². The highest BCUT2D eigenvalue weighted by Crippen LogP contribution is 2.31. The van der Waals surface area contributed by atoms with Crippen molar-refractivity contribution in [1.29, 1.82) is 0 Å². The molecular weight excluding hydrogens is 445 g/mol. The average Bonchev–Trinajstić information content (AvgIpc) is 2.78. The molecule has 1 fully saturated rings. The molecule has 34 heavy (non-hydrogen) atoms. The van der Waals surface area contributed by atoms with Crippen LogP contribution in [0.3, 0.4) is 0 Å². The second kappa shape index (κ2) is 10.5. The van der Waals surface area contributed by atoms with Crippen LogP contribution in [-0.4, -0.2) is 35.6 Å². The summed E-state index contributed by atoms with van der Waals surface area (Å²) in [5.74, 6) is -0.148. The van der Waals surface area contributed by atoms with Gasteiger partial charge in [-0.2, -0.15) is 13.2 Å². The summed E-state index contributed by atoms with van der Waals surface area (Å²) in [6, 6.07) is 13.4. The lowest BCUT2D eigenvalue weighted by Crippen LogP contribution is -2.42. The fourth-order valence-corrected chi connectivity index (χ4v) is 4.03. The van der Waals surface area contributed by atoms with Crippen molar-refractivity contribution >= 4 is 12.0 Å². The molecule has 2 aromatic carbocycles. The molecule has 1 N–H and O–H groups in total. The Morgan fingerprint density at radius 1 is 1.00 bits per heavy atom. The summed E-state index contributed by atoms with van der Waals surface area (Å²) in [4.78, 5) is 26.9. The Hall–Kier alpha value is -3.03. The number of nitrogens with zero attached hydrogens (tertiary/aromatic N) is 1. The summed E-state index contributed by atoms with van der Waals surface area (Å²) in [6.45, 7) is 6.66. The number of alkyl halides is 3. The molecule has 1 aliphatic heterocycles. The van der Waals surface area contributed by atoms with Crippen LogP contribution < -0.4 is 5.32 Å².